The Bertz CT molecular complexity index is 524. The SMILES string of the molecule is CC(C)c1cc(CCC(=O)CCCCO)cc(C(C)(C)C)c1O. The monoisotopic (exact) mass is 320 g/mol. The number of ketones is 1. The van der Waals surface area contributed by atoms with Crippen molar-refractivity contribution in [2.24, 2.45) is 0 Å². The first-order valence-electron chi connectivity index (χ1n) is 8.65. The first-order valence-corrected chi connectivity index (χ1v) is 8.65. The standard InChI is InChI=1S/C20H32O3/c1-14(2)17-12-15(9-10-16(22)8-6-7-11-21)13-18(19(17)23)20(3,4)5/h12-14,21,23H,6-11H2,1-5H3. The molecule has 0 atom stereocenters. The summed E-state index contributed by atoms with van der Waals surface area (Å²) in [4.78, 5) is 11.9. The Morgan fingerprint density at radius 3 is 2.30 bits per heavy atom. The molecular formula is C20H32O3. The van der Waals surface area contributed by atoms with Crippen molar-refractivity contribution in [1.29, 1.82) is 0 Å². The molecule has 130 valence electrons. The van der Waals surface area contributed by atoms with Gasteiger partial charge in [-0.2, -0.15) is 0 Å². The molecular weight excluding hydrogens is 288 g/mol. The summed E-state index contributed by atoms with van der Waals surface area (Å²) in [6, 6.07) is 4.08. The fourth-order valence-corrected chi connectivity index (χ4v) is 2.72. The van der Waals surface area contributed by atoms with Gasteiger partial charge in [-0.05, 0) is 47.3 Å². The van der Waals surface area contributed by atoms with Crippen molar-refractivity contribution in [2.45, 2.75) is 78.1 Å². The van der Waals surface area contributed by atoms with Crippen LogP contribution in [0.25, 0.3) is 0 Å². The number of aliphatic hydroxyl groups is 1. The maximum atomic E-state index is 11.9. The molecule has 0 heterocycles. The van der Waals surface area contributed by atoms with Crippen molar-refractivity contribution in [2.75, 3.05) is 6.61 Å². The molecule has 0 aliphatic rings. The Balaban J connectivity index is 2.90. The number of carbonyl (C=O) groups is 1. The van der Waals surface area contributed by atoms with Crippen molar-refractivity contribution in [3.63, 3.8) is 0 Å². The van der Waals surface area contributed by atoms with Gasteiger partial charge in [0.1, 0.15) is 11.5 Å². The molecule has 23 heavy (non-hydrogen) atoms. The largest absolute Gasteiger partial charge is 0.507 e. The van der Waals surface area contributed by atoms with E-state index in [1.54, 1.807) is 0 Å². The smallest absolute Gasteiger partial charge is 0.133 e. The lowest BCUT2D eigenvalue weighted by molar-refractivity contribution is -0.119. The van der Waals surface area contributed by atoms with E-state index in [-0.39, 0.29) is 23.7 Å². The van der Waals surface area contributed by atoms with E-state index < -0.39 is 0 Å². The van der Waals surface area contributed by atoms with Gasteiger partial charge in [-0.15, -0.1) is 0 Å². The predicted octanol–water partition coefficient (Wildman–Crippen LogP) is 4.48. The molecule has 1 aromatic rings. The van der Waals surface area contributed by atoms with Crippen LogP contribution in [0.3, 0.4) is 0 Å². The average molecular weight is 320 g/mol. The molecule has 0 saturated carbocycles. The van der Waals surface area contributed by atoms with Crippen LogP contribution < -0.4 is 0 Å². The van der Waals surface area contributed by atoms with Crippen LogP contribution in [0.1, 0.15) is 82.9 Å². The summed E-state index contributed by atoms with van der Waals surface area (Å²) in [6.45, 7) is 10.6. The average Bonchev–Trinajstić information content (AvgIpc) is 2.44. The zero-order valence-electron chi connectivity index (χ0n) is 15.3. The minimum absolute atomic E-state index is 0.130. The molecule has 0 spiro atoms. The van der Waals surface area contributed by atoms with Crippen LogP contribution in [0.15, 0.2) is 12.1 Å². The highest BCUT2D eigenvalue weighted by molar-refractivity contribution is 5.78. The lowest BCUT2D eigenvalue weighted by atomic mass is 9.82. The van der Waals surface area contributed by atoms with Gasteiger partial charge in [0.15, 0.2) is 0 Å². The van der Waals surface area contributed by atoms with Crippen molar-refractivity contribution in [3.8, 4) is 5.75 Å². The van der Waals surface area contributed by atoms with Crippen LogP contribution in [-0.4, -0.2) is 22.6 Å². The molecule has 1 rings (SSSR count). The van der Waals surface area contributed by atoms with Gasteiger partial charge >= 0.3 is 0 Å². The van der Waals surface area contributed by atoms with Crippen LogP contribution in [0, 0.1) is 0 Å². The highest BCUT2D eigenvalue weighted by Crippen LogP contribution is 2.37. The molecule has 0 saturated heterocycles. The van der Waals surface area contributed by atoms with E-state index in [0.29, 0.717) is 31.4 Å². The summed E-state index contributed by atoms with van der Waals surface area (Å²) in [5.41, 5.74) is 2.90. The predicted molar refractivity (Wildman–Crippen MR) is 95.2 cm³/mol. The first-order chi connectivity index (χ1) is 10.7. The second-order valence-corrected chi connectivity index (χ2v) is 7.71. The lowest BCUT2D eigenvalue weighted by Crippen LogP contribution is -2.13. The number of aliphatic hydroxyl groups excluding tert-OH is 1. The van der Waals surface area contributed by atoms with Crippen LogP contribution >= 0.6 is 0 Å². The zero-order chi connectivity index (χ0) is 17.6. The zero-order valence-corrected chi connectivity index (χ0v) is 15.3. The number of phenolic OH excluding ortho intramolecular Hbond substituents is 1. The third-order valence-electron chi connectivity index (χ3n) is 4.19. The third kappa shape index (κ3) is 5.98. The molecule has 2 N–H and O–H groups in total. The second-order valence-electron chi connectivity index (χ2n) is 7.71. The van der Waals surface area contributed by atoms with E-state index in [1.807, 2.05) is 12.1 Å². The molecule has 3 nitrogen and oxygen atoms in total. The van der Waals surface area contributed by atoms with Gasteiger partial charge in [0.2, 0.25) is 0 Å². The molecule has 0 aromatic heterocycles. The van der Waals surface area contributed by atoms with Gasteiger partial charge in [-0.1, -0.05) is 46.8 Å². The molecule has 0 radical (unpaired) electrons. The Kier molecular flexibility index (Phi) is 7.27. The summed E-state index contributed by atoms with van der Waals surface area (Å²) >= 11 is 0. The van der Waals surface area contributed by atoms with Crippen LogP contribution in [-0.2, 0) is 16.6 Å². The maximum absolute atomic E-state index is 11.9. The lowest BCUT2D eigenvalue weighted by Gasteiger charge is -2.24. The Hall–Kier alpha value is -1.35. The number of hydrogen-bond donors (Lipinski definition) is 2. The first kappa shape index (κ1) is 19.7. The number of benzene rings is 1. The molecule has 0 aliphatic carbocycles. The van der Waals surface area contributed by atoms with Gasteiger partial charge in [0, 0.05) is 19.4 Å². The number of hydrogen-bond acceptors (Lipinski definition) is 3. The Morgan fingerprint density at radius 1 is 1.13 bits per heavy atom. The highest BCUT2D eigenvalue weighted by atomic mass is 16.3. The normalized spacial score (nSPS) is 12.0. The van der Waals surface area contributed by atoms with Crippen LogP contribution in [0.2, 0.25) is 0 Å². The maximum Gasteiger partial charge on any atom is 0.133 e. The van der Waals surface area contributed by atoms with Gasteiger partial charge in [-0.25, -0.2) is 0 Å². The van der Waals surface area contributed by atoms with Crippen LogP contribution in [0.4, 0.5) is 0 Å². The van der Waals surface area contributed by atoms with E-state index in [2.05, 4.69) is 34.6 Å². The Morgan fingerprint density at radius 2 is 1.78 bits per heavy atom. The minimum atomic E-state index is -0.130. The Labute approximate surface area is 140 Å². The van der Waals surface area contributed by atoms with E-state index in [4.69, 9.17) is 5.11 Å². The quantitative estimate of drug-likeness (QED) is 0.694. The summed E-state index contributed by atoms with van der Waals surface area (Å²) in [5, 5.41) is 19.3. The number of rotatable bonds is 8. The summed E-state index contributed by atoms with van der Waals surface area (Å²) in [5.74, 6) is 0.886. The van der Waals surface area contributed by atoms with E-state index in [9.17, 15) is 9.90 Å². The van der Waals surface area contributed by atoms with Crippen molar-refractivity contribution < 1.29 is 15.0 Å². The number of Topliss-reactive ketones (excluding diaryl/α,β-unsaturated/α-hetero) is 1. The fourth-order valence-electron chi connectivity index (χ4n) is 2.72. The number of aromatic hydroxyl groups is 1. The number of carbonyl (C=O) groups excluding carboxylic acids is 1. The minimum Gasteiger partial charge on any atom is -0.507 e. The molecule has 0 fully saturated rings. The summed E-state index contributed by atoms with van der Waals surface area (Å²) in [7, 11) is 0. The van der Waals surface area contributed by atoms with E-state index in [0.717, 1.165) is 23.1 Å². The summed E-state index contributed by atoms with van der Waals surface area (Å²) in [6.07, 6.45) is 3.23. The molecule has 0 unspecified atom stereocenters. The van der Waals surface area contributed by atoms with Crippen LogP contribution in [0.5, 0.6) is 5.75 Å². The molecule has 0 aliphatic heterocycles. The molecule has 0 bridgehead atoms. The van der Waals surface area contributed by atoms with Gasteiger partial charge in [-0.3, -0.25) is 4.79 Å². The van der Waals surface area contributed by atoms with E-state index >= 15 is 0 Å². The van der Waals surface area contributed by atoms with E-state index in [1.165, 1.54) is 0 Å². The summed E-state index contributed by atoms with van der Waals surface area (Å²) < 4.78 is 0. The van der Waals surface area contributed by atoms with Gasteiger partial charge < -0.3 is 10.2 Å². The van der Waals surface area contributed by atoms with Crippen molar-refractivity contribution in [3.05, 3.63) is 28.8 Å². The second kappa shape index (κ2) is 8.49. The molecule has 0 amide bonds. The number of unbranched alkanes of at least 4 members (excludes halogenated alkanes) is 1. The number of phenols is 1. The van der Waals surface area contributed by atoms with Gasteiger partial charge in [0.25, 0.3) is 0 Å². The number of aryl methyl sites for hydroxylation is 1. The third-order valence-corrected chi connectivity index (χ3v) is 4.19. The molecule has 3 heteroatoms. The van der Waals surface area contributed by atoms with Crippen molar-refractivity contribution in [1.82, 2.24) is 0 Å². The highest BCUT2D eigenvalue weighted by Gasteiger charge is 2.22. The topological polar surface area (TPSA) is 57.5 Å². The van der Waals surface area contributed by atoms with Gasteiger partial charge in [0.05, 0.1) is 0 Å². The van der Waals surface area contributed by atoms with Crippen molar-refractivity contribution >= 4 is 5.78 Å². The fraction of sp³-hybridized carbons (Fsp3) is 0.650. The molecule has 1 aromatic carbocycles.